The highest BCUT2D eigenvalue weighted by molar-refractivity contribution is 7.80. The van der Waals surface area contributed by atoms with E-state index in [4.69, 9.17) is 44.9 Å². The van der Waals surface area contributed by atoms with Crippen molar-refractivity contribution in [2.75, 3.05) is 25.6 Å². The molecular weight excluding hydrogens is 445 g/mol. The summed E-state index contributed by atoms with van der Waals surface area (Å²) in [5.74, 6) is -0.143. The number of anilines is 1. The maximum atomic E-state index is 13.5. The molecule has 9 heteroatoms. The maximum absolute atomic E-state index is 13.5. The number of hydrogen-bond acceptors (Lipinski definition) is 4. The van der Waals surface area contributed by atoms with Crippen molar-refractivity contribution < 1.29 is 14.3 Å². The number of carbonyl (C=O) groups is 1. The molecule has 30 heavy (non-hydrogen) atoms. The summed E-state index contributed by atoms with van der Waals surface area (Å²) in [5.41, 5.74) is 0.432. The topological polar surface area (TPSA) is 62.8 Å². The van der Waals surface area contributed by atoms with Crippen LogP contribution in [0.5, 0.6) is 5.75 Å². The zero-order valence-corrected chi connectivity index (χ0v) is 18.8. The zero-order valence-electron chi connectivity index (χ0n) is 16.4. The minimum absolute atomic E-state index is 0.201. The molecule has 0 aromatic heterocycles. The Kier molecular flexibility index (Phi) is 5.81. The highest BCUT2D eigenvalue weighted by Crippen LogP contribution is 2.49. The van der Waals surface area contributed by atoms with Crippen LogP contribution in [0, 0.1) is 5.92 Å². The van der Waals surface area contributed by atoms with E-state index in [0.717, 1.165) is 5.56 Å². The number of hydrogen-bond donors (Lipinski definition) is 2. The summed E-state index contributed by atoms with van der Waals surface area (Å²) in [5, 5.41) is 7.96. The van der Waals surface area contributed by atoms with Crippen molar-refractivity contribution >= 4 is 52.1 Å². The molecule has 0 radical (unpaired) electrons. The van der Waals surface area contributed by atoms with E-state index in [-0.39, 0.29) is 5.91 Å². The predicted molar refractivity (Wildman–Crippen MR) is 121 cm³/mol. The lowest BCUT2D eigenvalue weighted by Gasteiger charge is -2.56. The van der Waals surface area contributed by atoms with Crippen LogP contribution in [0.15, 0.2) is 42.5 Å². The Morgan fingerprint density at radius 3 is 2.67 bits per heavy atom. The first-order valence-electron chi connectivity index (χ1n) is 9.45. The number of thiocarbonyl (C=S) groups is 1. The lowest BCUT2D eigenvalue weighted by Crippen LogP contribution is -2.72. The minimum atomic E-state index is -1.01. The van der Waals surface area contributed by atoms with Gasteiger partial charge in [-0.2, -0.15) is 0 Å². The molecule has 2 aromatic carbocycles. The van der Waals surface area contributed by atoms with Crippen molar-refractivity contribution in [2.45, 2.75) is 18.7 Å². The second-order valence-electron chi connectivity index (χ2n) is 7.38. The fourth-order valence-corrected chi connectivity index (χ4v) is 4.79. The Labute approximate surface area is 190 Å². The summed E-state index contributed by atoms with van der Waals surface area (Å²) in [6, 6.07) is 12.0. The number of ether oxygens (including phenoxy) is 2. The van der Waals surface area contributed by atoms with Crippen LogP contribution < -0.4 is 15.4 Å². The molecular formula is C21H21Cl2N3O3S. The summed E-state index contributed by atoms with van der Waals surface area (Å²) in [4.78, 5) is 15.4. The molecule has 2 aliphatic rings. The maximum Gasteiger partial charge on any atom is 0.236 e. The highest BCUT2D eigenvalue weighted by atomic mass is 35.5. The van der Waals surface area contributed by atoms with Crippen LogP contribution in [-0.2, 0) is 9.53 Å². The van der Waals surface area contributed by atoms with Crippen LogP contribution in [-0.4, -0.2) is 41.9 Å². The van der Waals surface area contributed by atoms with E-state index in [9.17, 15) is 4.79 Å². The van der Waals surface area contributed by atoms with Crippen LogP contribution in [0.4, 0.5) is 5.69 Å². The fourth-order valence-electron chi connectivity index (χ4n) is 4.08. The molecule has 1 saturated heterocycles. The highest BCUT2D eigenvalue weighted by Gasteiger charge is 2.58. The van der Waals surface area contributed by atoms with Crippen molar-refractivity contribution in [2.24, 2.45) is 5.92 Å². The van der Waals surface area contributed by atoms with Gasteiger partial charge in [-0.1, -0.05) is 23.2 Å². The molecule has 2 aliphatic heterocycles. The van der Waals surface area contributed by atoms with E-state index >= 15 is 0 Å². The molecule has 1 amide bonds. The number of nitrogens with one attached hydrogen (secondary N) is 2. The number of benzene rings is 2. The Hall–Kier alpha value is -2.06. The third-order valence-electron chi connectivity index (χ3n) is 5.51. The van der Waals surface area contributed by atoms with Gasteiger partial charge in [0, 0.05) is 35.0 Å². The quantitative estimate of drug-likeness (QED) is 0.644. The van der Waals surface area contributed by atoms with Gasteiger partial charge in [-0.05, 0) is 61.6 Å². The first-order chi connectivity index (χ1) is 14.3. The number of nitrogens with zero attached hydrogens (tertiary/aromatic N) is 1. The standard InChI is InChI=1S/C21H21Cl2N3O3S/c1-21-17(19(27)24-14-6-3-12(22)4-7-14)18(25-20(30)26(21)9-10-28-2)15-11-13(23)5-8-16(15)29-21/h3-8,11,17-18H,9-10H2,1-2H3,(H,24,27)(H,25,30)/t17-,18-,21-/m0/s1. The molecule has 4 rings (SSSR count). The van der Waals surface area contributed by atoms with Crippen LogP contribution in [0.3, 0.4) is 0 Å². The summed E-state index contributed by atoms with van der Waals surface area (Å²) >= 11 is 17.8. The molecule has 0 aliphatic carbocycles. The molecule has 1 fully saturated rings. The average molecular weight is 466 g/mol. The largest absolute Gasteiger partial charge is 0.467 e. The van der Waals surface area contributed by atoms with Gasteiger partial charge < -0.3 is 25.0 Å². The third kappa shape index (κ3) is 3.71. The number of carbonyl (C=O) groups excluding carboxylic acids is 1. The average Bonchev–Trinajstić information content (AvgIpc) is 2.70. The SMILES string of the molecule is COCCN1C(=S)N[C@H]2c3cc(Cl)ccc3O[C@@]1(C)[C@@H]2C(=O)Nc1ccc(Cl)cc1. The van der Waals surface area contributed by atoms with Crippen LogP contribution in [0.1, 0.15) is 18.5 Å². The normalized spacial score (nSPS) is 24.5. The third-order valence-corrected chi connectivity index (χ3v) is 6.33. The van der Waals surface area contributed by atoms with Crippen molar-refractivity contribution in [3.63, 3.8) is 0 Å². The second-order valence-corrected chi connectivity index (χ2v) is 8.64. The number of rotatable bonds is 5. The van der Waals surface area contributed by atoms with E-state index in [2.05, 4.69) is 10.6 Å². The summed E-state index contributed by atoms with van der Waals surface area (Å²) in [6.45, 7) is 2.79. The monoisotopic (exact) mass is 465 g/mol. The molecule has 2 bridgehead atoms. The lowest BCUT2D eigenvalue weighted by atomic mass is 9.79. The predicted octanol–water partition coefficient (Wildman–Crippen LogP) is 4.23. The second kappa shape index (κ2) is 8.23. The molecule has 2 N–H and O–H groups in total. The van der Waals surface area contributed by atoms with E-state index < -0.39 is 17.7 Å². The molecule has 6 nitrogen and oxygen atoms in total. The van der Waals surface area contributed by atoms with Gasteiger partial charge in [0.05, 0.1) is 12.6 Å². The number of fused-ring (bicyclic) bond motifs is 4. The Morgan fingerprint density at radius 2 is 1.97 bits per heavy atom. The van der Waals surface area contributed by atoms with Crippen LogP contribution in [0.2, 0.25) is 10.0 Å². The number of halogens is 2. The molecule has 158 valence electrons. The summed E-state index contributed by atoms with van der Waals surface area (Å²) < 4.78 is 11.7. The van der Waals surface area contributed by atoms with Crippen molar-refractivity contribution in [3.8, 4) is 5.75 Å². The Bertz CT molecular complexity index is 988. The Balaban J connectivity index is 1.75. The molecule has 3 atom stereocenters. The van der Waals surface area contributed by atoms with E-state index in [1.165, 1.54) is 0 Å². The van der Waals surface area contributed by atoms with Gasteiger partial charge >= 0.3 is 0 Å². The molecule has 0 unspecified atom stereocenters. The van der Waals surface area contributed by atoms with Gasteiger partial charge in [0.25, 0.3) is 0 Å². The van der Waals surface area contributed by atoms with Gasteiger partial charge in [0.2, 0.25) is 5.91 Å². The molecule has 0 spiro atoms. The molecule has 0 saturated carbocycles. The van der Waals surface area contributed by atoms with Gasteiger partial charge in [-0.3, -0.25) is 4.79 Å². The Morgan fingerprint density at radius 1 is 1.27 bits per heavy atom. The molecule has 2 heterocycles. The van der Waals surface area contributed by atoms with E-state index in [0.29, 0.717) is 39.7 Å². The molecule has 2 aromatic rings. The van der Waals surface area contributed by atoms with Gasteiger partial charge in [-0.25, -0.2) is 0 Å². The van der Waals surface area contributed by atoms with Crippen molar-refractivity contribution in [3.05, 3.63) is 58.1 Å². The van der Waals surface area contributed by atoms with Gasteiger partial charge in [-0.15, -0.1) is 0 Å². The lowest BCUT2D eigenvalue weighted by molar-refractivity contribution is -0.150. The van der Waals surface area contributed by atoms with Crippen LogP contribution >= 0.6 is 35.4 Å². The van der Waals surface area contributed by atoms with Gasteiger partial charge in [0.1, 0.15) is 11.7 Å². The van der Waals surface area contributed by atoms with Crippen molar-refractivity contribution in [1.29, 1.82) is 0 Å². The summed E-state index contributed by atoms with van der Waals surface area (Å²) in [6.07, 6.45) is 0. The van der Waals surface area contributed by atoms with E-state index in [1.54, 1.807) is 37.4 Å². The van der Waals surface area contributed by atoms with Crippen molar-refractivity contribution in [1.82, 2.24) is 10.2 Å². The number of methoxy groups -OCH3 is 1. The first kappa shape index (κ1) is 21.2. The zero-order chi connectivity index (χ0) is 21.5. The summed E-state index contributed by atoms with van der Waals surface area (Å²) in [7, 11) is 1.62. The van der Waals surface area contributed by atoms with Crippen LogP contribution in [0.25, 0.3) is 0 Å². The first-order valence-corrected chi connectivity index (χ1v) is 10.6. The minimum Gasteiger partial charge on any atom is -0.467 e. The fraction of sp³-hybridized carbons (Fsp3) is 0.333. The number of amides is 1. The van der Waals surface area contributed by atoms with E-state index in [1.807, 2.05) is 24.0 Å². The van der Waals surface area contributed by atoms with Gasteiger partial charge in [0.15, 0.2) is 10.8 Å². The smallest absolute Gasteiger partial charge is 0.236 e.